The number of hydrogen-bond donors (Lipinski definition) is 0. The Kier molecular flexibility index (Phi) is 4.26. The van der Waals surface area contributed by atoms with E-state index in [-0.39, 0.29) is 11.8 Å². The van der Waals surface area contributed by atoms with E-state index >= 15 is 0 Å². The van der Waals surface area contributed by atoms with E-state index in [0.717, 1.165) is 37.9 Å². The van der Waals surface area contributed by atoms with Crippen LogP contribution in [-0.2, 0) is 11.8 Å². The van der Waals surface area contributed by atoms with E-state index in [0.29, 0.717) is 18.7 Å². The number of benzene rings is 1. The molecule has 6 nitrogen and oxygen atoms in total. The number of anilines is 1. The second-order valence-electron chi connectivity index (χ2n) is 7.41. The summed E-state index contributed by atoms with van der Waals surface area (Å²) in [6.07, 6.45) is 6.87. The van der Waals surface area contributed by atoms with Crippen molar-refractivity contribution in [3.63, 3.8) is 0 Å². The number of hydrogen-bond acceptors (Lipinski definition) is 3. The van der Waals surface area contributed by atoms with Crippen molar-refractivity contribution in [2.75, 3.05) is 24.5 Å². The Morgan fingerprint density at radius 2 is 1.85 bits per heavy atom. The van der Waals surface area contributed by atoms with Gasteiger partial charge in [0.1, 0.15) is 0 Å². The first-order valence-corrected chi connectivity index (χ1v) is 9.24. The highest BCUT2D eigenvalue weighted by molar-refractivity contribution is 6.00. The Bertz CT molecular complexity index is 812. The minimum absolute atomic E-state index is 0.0261. The molecule has 2 amide bonds. The summed E-state index contributed by atoms with van der Waals surface area (Å²) >= 11 is 0. The summed E-state index contributed by atoms with van der Waals surface area (Å²) < 4.78 is 1.63. The van der Waals surface area contributed by atoms with Gasteiger partial charge in [0.2, 0.25) is 5.91 Å². The topological polar surface area (TPSA) is 58.4 Å². The lowest BCUT2D eigenvalue weighted by atomic mass is 9.72. The Morgan fingerprint density at radius 1 is 1.12 bits per heavy atom. The summed E-state index contributed by atoms with van der Waals surface area (Å²) in [6.45, 7) is 1.96. The maximum Gasteiger partial charge on any atom is 0.257 e. The van der Waals surface area contributed by atoms with Gasteiger partial charge in [0.05, 0.1) is 17.2 Å². The highest BCUT2D eigenvalue weighted by Gasteiger charge is 2.47. The van der Waals surface area contributed by atoms with Crippen molar-refractivity contribution >= 4 is 17.5 Å². The second-order valence-corrected chi connectivity index (χ2v) is 7.41. The summed E-state index contributed by atoms with van der Waals surface area (Å²) in [4.78, 5) is 30.0. The van der Waals surface area contributed by atoms with Gasteiger partial charge in [0.25, 0.3) is 5.91 Å². The van der Waals surface area contributed by atoms with Gasteiger partial charge in [-0.25, -0.2) is 0 Å². The SMILES string of the molecule is Cn1cc(C(=O)N2CCCC3(CCCN(c4ccccc4)C3=O)C2)cn1. The van der Waals surface area contributed by atoms with Crippen LogP contribution in [0.1, 0.15) is 36.0 Å². The van der Waals surface area contributed by atoms with Crippen LogP contribution in [0, 0.1) is 5.41 Å². The average Bonchev–Trinajstić information content (AvgIpc) is 3.11. The number of para-hydroxylation sites is 1. The molecule has 0 radical (unpaired) electrons. The fourth-order valence-electron chi connectivity index (χ4n) is 4.32. The van der Waals surface area contributed by atoms with Gasteiger partial charge < -0.3 is 9.80 Å². The molecule has 0 N–H and O–H groups in total. The number of nitrogens with zero attached hydrogens (tertiary/aromatic N) is 4. The molecule has 2 aliphatic rings. The molecule has 0 saturated carbocycles. The molecule has 2 saturated heterocycles. The molecule has 1 atom stereocenters. The molecule has 26 heavy (non-hydrogen) atoms. The lowest BCUT2D eigenvalue weighted by molar-refractivity contribution is -0.133. The Balaban J connectivity index is 1.57. The Morgan fingerprint density at radius 3 is 2.54 bits per heavy atom. The van der Waals surface area contributed by atoms with Gasteiger partial charge in [-0.05, 0) is 37.8 Å². The summed E-state index contributed by atoms with van der Waals surface area (Å²) in [5.74, 6) is 0.139. The van der Waals surface area contributed by atoms with Crippen molar-refractivity contribution in [1.29, 1.82) is 0 Å². The first kappa shape index (κ1) is 16.8. The third-order valence-electron chi connectivity index (χ3n) is 5.62. The van der Waals surface area contributed by atoms with Crippen LogP contribution in [0.4, 0.5) is 5.69 Å². The normalized spacial score (nSPS) is 23.5. The number of amides is 2. The Hall–Kier alpha value is -2.63. The average molecular weight is 352 g/mol. The quantitative estimate of drug-likeness (QED) is 0.834. The predicted molar refractivity (Wildman–Crippen MR) is 98.8 cm³/mol. The van der Waals surface area contributed by atoms with Gasteiger partial charge in [0.15, 0.2) is 0 Å². The standard InChI is InChI=1S/C20H24N4O2/c1-22-14-16(13-21-22)18(25)23-11-5-9-20(15-23)10-6-12-24(19(20)26)17-7-3-2-4-8-17/h2-4,7-8,13-14H,5-6,9-12,15H2,1H3. The van der Waals surface area contributed by atoms with Crippen molar-refractivity contribution in [1.82, 2.24) is 14.7 Å². The maximum absolute atomic E-state index is 13.4. The smallest absolute Gasteiger partial charge is 0.257 e. The molecule has 1 spiro atoms. The molecule has 6 heteroatoms. The first-order valence-electron chi connectivity index (χ1n) is 9.24. The molecule has 0 aliphatic carbocycles. The molecule has 2 aliphatic heterocycles. The predicted octanol–water partition coefficient (Wildman–Crippen LogP) is 2.47. The summed E-state index contributed by atoms with van der Waals surface area (Å²) in [7, 11) is 1.80. The third-order valence-corrected chi connectivity index (χ3v) is 5.62. The zero-order valence-electron chi connectivity index (χ0n) is 15.1. The van der Waals surface area contributed by atoms with Crippen LogP contribution in [0.5, 0.6) is 0 Å². The van der Waals surface area contributed by atoms with Crippen LogP contribution in [0.2, 0.25) is 0 Å². The number of carbonyl (C=O) groups is 2. The number of rotatable bonds is 2. The Labute approximate surface area is 153 Å². The van der Waals surface area contributed by atoms with E-state index in [9.17, 15) is 9.59 Å². The zero-order valence-corrected chi connectivity index (χ0v) is 15.1. The van der Waals surface area contributed by atoms with Crippen molar-refractivity contribution in [3.8, 4) is 0 Å². The first-order chi connectivity index (χ1) is 12.6. The van der Waals surface area contributed by atoms with Gasteiger partial charge >= 0.3 is 0 Å². The zero-order chi connectivity index (χ0) is 18.1. The highest BCUT2D eigenvalue weighted by atomic mass is 16.2. The van der Waals surface area contributed by atoms with E-state index in [2.05, 4.69) is 5.10 Å². The lowest BCUT2D eigenvalue weighted by Crippen LogP contribution is -2.57. The van der Waals surface area contributed by atoms with Gasteiger partial charge in [-0.3, -0.25) is 14.3 Å². The van der Waals surface area contributed by atoms with E-state index < -0.39 is 5.41 Å². The van der Waals surface area contributed by atoms with Crippen molar-refractivity contribution < 1.29 is 9.59 Å². The number of aromatic nitrogens is 2. The van der Waals surface area contributed by atoms with Gasteiger partial charge in [-0.2, -0.15) is 5.10 Å². The number of likely N-dealkylation sites (tertiary alicyclic amines) is 1. The van der Waals surface area contributed by atoms with E-state index in [1.165, 1.54) is 0 Å². The fraction of sp³-hybridized carbons (Fsp3) is 0.450. The molecular formula is C20H24N4O2. The van der Waals surface area contributed by atoms with Crippen LogP contribution in [0.25, 0.3) is 0 Å². The molecule has 4 rings (SSSR count). The highest BCUT2D eigenvalue weighted by Crippen LogP contribution is 2.41. The number of aryl methyl sites for hydroxylation is 1. The van der Waals surface area contributed by atoms with Crippen LogP contribution >= 0.6 is 0 Å². The molecule has 3 heterocycles. The van der Waals surface area contributed by atoms with E-state index in [1.54, 1.807) is 24.1 Å². The van der Waals surface area contributed by atoms with Crippen LogP contribution in [0.3, 0.4) is 0 Å². The minimum Gasteiger partial charge on any atom is -0.337 e. The van der Waals surface area contributed by atoms with E-state index in [4.69, 9.17) is 0 Å². The summed E-state index contributed by atoms with van der Waals surface area (Å²) in [5.41, 5.74) is 1.09. The van der Waals surface area contributed by atoms with Crippen molar-refractivity contribution in [3.05, 3.63) is 48.3 Å². The van der Waals surface area contributed by atoms with Crippen molar-refractivity contribution in [2.24, 2.45) is 12.5 Å². The molecule has 136 valence electrons. The molecule has 1 unspecified atom stereocenters. The molecule has 2 aromatic rings. The largest absolute Gasteiger partial charge is 0.337 e. The fourth-order valence-corrected chi connectivity index (χ4v) is 4.32. The molecule has 1 aromatic heterocycles. The molecular weight excluding hydrogens is 328 g/mol. The van der Waals surface area contributed by atoms with Gasteiger partial charge in [-0.1, -0.05) is 18.2 Å². The summed E-state index contributed by atoms with van der Waals surface area (Å²) in [6, 6.07) is 9.85. The number of carbonyl (C=O) groups excluding carboxylic acids is 2. The lowest BCUT2D eigenvalue weighted by Gasteiger charge is -2.47. The van der Waals surface area contributed by atoms with Crippen LogP contribution in [0.15, 0.2) is 42.7 Å². The van der Waals surface area contributed by atoms with Crippen molar-refractivity contribution in [2.45, 2.75) is 25.7 Å². The van der Waals surface area contributed by atoms with Gasteiger partial charge in [0, 0.05) is 38.6 Å². The maximum atomic E-state index is 13.4. The molecule has 0 bridgehead atoms. The summed E-state index contributed by atoms with van der Waals surface area (Å²) in [5, 5.41) is 4.10. The van der Waals surface area contributed by atoms with Crippen LogP contribution in [-0.4, -0.2) is 46.1 Å². The number of piperidine rings is 2. The minimum atomic E-state index is -0.454. The van der Waals surface area contributed by atoms with Crippen LogP contribution < -0.4 is 4.90 Å². The molecule has 1 aromatic carbocycles. The van der Waals surface area contributed by atoms with Gasteiger partial charge in [-0.15, -0.1) is 0 Å². The third kappa shape index (κ3) is 2.89. The van der Waals surface area contributed by atoms with E-state index in [1.807, 2.05) is 40.1 Å². The molecule has 2 fully saturated rings. The monoisotopic (exact) mass is 352 g/mol. The second kappa shape index (κ2) is 6.59.